The molecule has 0 bridgehead atoms. The minimum atomic E-state index is -3.72. The summed E-state index contributed by atoms with van der Waals surface area (Å²) in [5.41, 5.74) is 1.16. The Kier molecular flexibility index (Phi) is 4.30. The zero-order valence-electron chi connectivity index (χ0n) is 13.3. The van der Waals surface area contributed by atoms with Gasteiger partial charge in [-0.15, -0.1) is 0 Å². The van der Waals surface area contributed by atoms with E-state index in [0.717, 1.165) is 5.56 Å². The van der Waals surface area contributed by atoms with E-state index in [1.165, 1.54) is 24.8 Å². The van der Waals surface area contributed by atoms with E-state index < -0.39 is 10.0 Å². The Morgan fingerprint density at radius 2 is 1.71 bits per heavy atom. The molecule has 8 heteroatoms. The number of benzene rings is 1. The summed E-state index contributed by atoms with van der Waals surface area (Å²) in [6.45, 7) is 3.85. The van der Waals surface area contributed by atoms with E-state index >= 15 is 0 Å². The van der Waals surface area contributed by atoms with Crippen LogP contribution in [0, 0.1) is 0 Å². The van der Waals surface area contributed by atoms with Crippen molar-refractivity contribution in [2.24, 2.45) is 0 Å². The average Bonchev–Trinajstić information content (AvgIpc) is 3.07. The summed E-state index contributed by atoms with van der Waals surface area (Å²) in [6.07, 6.45) is 5.70. The smallest absolute Gasteiger partial charge is 0.265 e. The maximum Gasteiger partial charge on any atom is 0.265 e. The third kappa shape index (κ3) is 3.43. The van der Waals surface area contributed by atoms with Gasteiger partial charge in [-0.1, -0.05) is 30.3 Å². The Balaban J connectivity index is 1.80. The van der Waals surface area contributed by atoms with Crippen LogP contribution in [0.4, 0.5) is 5.69 Å². The van der Waals surface area contributed by atoms with Crippen molar-refractivity contribution < 1.29 is 8.42 Å². The predicted molar refractivity (Wildman–Crippen MR) is 90.9 cm³/mol. The van der Waals surface area contributed by atoms with Crippen LogP contribution < -0.4 is 4.72 Å². The second kappa shape index (κ2) is 6.40. The first kappa shape index (κ1) is 16.1. The highest BCUT2D eigenvalue weighted by Crippen LogP contribution is 2.18. The molecule has 0 aliphatic rings. The Morgan fingerprint density at radius 3 is 2.29 bits per heavy atom. The van der Waals surface area contributed by atoms with Gasteiger partial charge in [-0.05, 0) is 13.8 Å². The van der Waals surface area contributed by atoms with Crippen LogP contribution in [0.2, 0.25) is 0 Å². The fourth-order valence-electron chi connectivity index (χ4n) is 2.07. The fourth-order valence-corrected chi connectivity index (χ4v) is 3.04. The molecular weight excluding hydrogens is 326 g/mol. The van der Waals surface area contributed by atoms with Crippen LogP contribution in [0.15, 0.2) is 60.0 Å². The maximum atomic E-state index is 12.4. The van der Waals surface area contributed by atoms with Crippen LogP contribution in [0.25, 0.3) is 11.4 Å². The van der Waals surface area contributed by atoms with E-state index in [1.807, 2.05) is 44.2 Å². The normalized spacial score (nSPS) is 11.6. The lowest BCUT2D eigenvalue weighted by Crippen LogP contribution is -2.13. The molecule has 0 fully saturated rings. The molecule has 1 aromatic carbocycles. The molecule has 0 aliphatic carbocycles. The Morgan fingerprint density at radius 1 is 1.04 bits per heavy atom. The van der Waals surface area contributed by atoms with Gasteiger partial charge in [0.15, 0.2) is 5.82 Å². The van der Waals surface area contributed by atoms with Crippen molar-refractivity contribution in [3.8, 4) is 11.4 Å². The highest BCUT2D eigenvalue weighted by Gasteiger charge is 2.17. The predicted octanol–water partition coefficient (Wildman–Crippen LogP) is 2.72. The molecule has 0 unspecified atom stereocenters. The minimum absolute atomic E-state index is 0.0856. The summed E-state index contributed by atoms with van der Waals surface area (Å²) in [5.74, 6) is 0.533. The number of nitrogens with zero attached hydrogens (tertiary/aromatic N) is 4. The van der Waals surface area contributed by atoms with Crippen LogP contribution in [-0.2, 0) is 10.0 Å². The Hall–Kier alpha value is -2.74. The number of sulfonamides is 1. The van der Waals surface area contributed by atoms with Gasteiger partial charge in [0.1, 0.15) is 4.90 Å². The van der Waals surface area contributed by atoms with E-state index in [1.54, 1.807) is 4.68 Å². The highest BCUT2D eigenvalue weighted by molar-refractivity contribution is 7.92. The first-order valence-corrected chi connectivity index (χ1v) is 8.88. The summed E-state index contributed by atoms with van der Waals surface area (Å²) >= 11 is 0. The average molecular weight is 343 g/mol. The third-order valence-corrected chi connectivity index (χ3v) is 4.69. The fraction of sp³-hybridized carbons (Fsp3) is 0.188. The van der Waals surface area contributed by atoms with Crippen molar-refractivity contribution in [1.29, 1.82) is 0 Å². The summed E-state index contributed by atoms with van der Waals surface area (Å²) in [7, 11) is -3.72. The van der Waals surface area contributed by atoms with Crippen LogP contribution >= 0.6 is 0 Å². The molecule has 0 aliphatic heterocycles. The van der Waals surface area contributed by atoms with Gasteiger partial charge >= 0.3 is 0 Å². The lowest BCUT2D eigenvalue weighted by Gasteiger charge is -2.07. The zero-order valence-corrected chi connectivity index (χ0v) is 14.1. The van der Waals surface area contributed by atoms with Crippen molar-refractivity contribution in [3.63, 3.8) is 0 Å². The molecule has 0 radical (unpaired) electrons. The maximum absolute atomic E-state index is 12.4. The number of hydrogen-bond donors (Lipinski definition) is 1. The van der Waals surface area contributed by atoms with Gasteiger partial charge in [-0.25, -0.2) is 18.4 Å². The molecule has 1 N–H and O–H groups in total. The molecule has 0 spiro atoms. The van der Waals surface area contributed by atoms with Crippen LogP contribution in [0.3, 0.4) is 0 Å². The van der Waals surface area contributed by atoms with Gasteiger partial charge in [0.05, 0.1) is 24.3 Å². The molecule has 24 heavy (non-hydrogen) atoms. The first-order valence-electron chi connectivity index (χ1n) is 7.40. The largest absolute Gasteiger partial charge is 0.276 e. The Labute approximate surface area is 140 Å². The lowest BCUT2D eigenvalue weighted by atomic mass is 10.2. The minimum Gasteiger partial charge on any atom is -0.276 e. The summed E-state index contributed by atoms with van der Waals surface area (Å²) in [5, 5.41) is 4.04. The SMILES string of the molecule is CC(C)n1cc(S(=O)(=O)Nc2cnc(-c3ccccc3)nc2)cn1. The van der Waals surface area contributed by atoms with Gasteiger partial charge in [0, 0.05) is 17.8 Å². The van der Waals surface area contributed by atoms with Gasteiger partial charge in [0.2, 0.25) is 0 Å². The quantitative estimate of drug-likeness (QED) is 0.769. The molecule has 124 valence electrons. The zero-order chi connectivity index (χ0) is 17.2. The number of rotatable bonds is 5. The van der Waals surface area contributed by atoms with Gasteiger partial charge in [-0.2, -0.15) is 5.10 Å². The Bertz CT molecular complexity index is 919. The molecule has 0 atom stereocenters. The number of nitrogens with one attached hydrogen (secondary N) is 1. The lowest BCUT2D eigenvalue weighted by molar-refractivity contribution is 0.531. The van der Waals surface area contributed by atoms with E-state index in [0.29, 0.717) is 11.5 Å². The van der Waals surface area contributed by atoms with Crippen LogP contribution in [0.1, 0.15) is 19.9 Å². The van der Waals surface area contributed by atoms with Crippen molar-refractivity contribution in [2.75, 3.05) is 4.72 Å². The summed E-state index contributed by atoms with van der Waals surface area (Å²) in [6, 6.07) is 9.55. The topological polar surface area (TPSA) is 89.8 Å². The molecule has 0 saturated heterocycles. The molecule has 7 nitrogen and oxygen atoms in total. The third-order valence-electron chi connectivity index (χ3n) is 3.35. The summed E-state index contributed by atoms with van der Waals surface area (Å²) < 4.78 is 28.8. The number of anilines is 1. The van der Waals surface area contributed by atoms with Gasteiger partial charge in [0.25, 0.3) is 10.0 Å². The second-order valence-corrected chi connectivity index (χ2v) is 7.20. The van der Waals surface area contributed by atoms with Gasteiger partial charge < -0.3 is 0 Å². The number of hydrogen-bond acceptors (Lipinski definition) is 5. The van der Waals surface area contributed by atoms with E-state index in [-0.39, 0.29) is 10.9 Å². The molecule has 3 rings (SSSR count). The van der Waals surface area contributed by atoms with Crippen molar-refractivity contribution in [1.82, 2.24) is 19.7 Å². The standard InChI is InChI=1S/C16H17N5O2S/c1-12(2)21-11-15(10-19-21)24(22,23)20-14-8-17-16(18-9-14)13-6-4-3-5-7-13/h3-12,20H,1-2H3. The molecule has 0 amide bonds. The highest BCUT2D eigenvalue weighted by atomic mass is 32.2. The molecule has 0 saturated carbocycles. The van der Waals surface area contributed by atoms with E-state index in [9.17, 15) is 8.42 Å². The van der Waals surface area contributed by atoms with Crippen LogP contribution in [0.5, 0.6) is 0 Å². The second-order valence-electron chi connectivity index (χ2n) is 5.52. The van der Waals surface area contributed by atoms with E-state index in [4.69, 9.17) is 0 Å². The van der Waals surface area contributed by atoms with Crippen molar-refractivity contribution in [3.05, 3.63) is 55.1 Å². The number of aromatic nitrogens is 4. The van der Waals surface area contributed by atoms with E-state index in [2.05, 4.69) is 19.8 Å². The van der Waals surface area contributed by atoms with Crippen molar-refractivity contribution in [2.45, 2.75) is 24.8 Å². The van der Waals surface area contributed by atoms with Crippen LogP contribution in [-0.4, -0.2) is 28.2 Å². The monoisotopic (exact) mass is 343 g/mol. The molecular formula is C16H17N5O2S. The molecule has 3 aromatic rings. The van der Waals surface area contributed by atoms with Crippen molar-refractivity contribution >= 4 is 15.7 Å². The summed E-state index contributed by atoms with van der Waals surface area (Å²) in [4.78, 5) is 8.50. The molecule has 2 heterocycles. The van der Waals surface area contributed by atoms with Gasteiger partial charge in [-0.3, -0.25) is 9.40 Å². The first-order chi connectivity index (χ1) is 11.5. The molecule has 2 aromatic heterocycles.